The number of fused-ring (bicyclic) bond motifs is 1. The van der Waals surface area contributed by atoms with E-state index < -0.39 is 0 Å². The molecule has 3 aliphatic carbocycles. The van der Waals surface area contributed by atoms with E-state index in [2.05, 4.69) is 24.8 Å². The van der Waals surface area contributed by atoms with Crippen molar-refractivity contribution >= 4 is 5.91 Å². The van der Waals surface area contributed by atoms with E-state index in [1.165, 1.54) is 12.8 Å². The summed E-state index contributed by atoms with van der Waals surface area (Å²) >= 11 is 0. The summed E-state index contributed by atoms with van der Waals surface area (Å²) in [4.78, 5) is 17.2. The van der Waals surface area contributed by atoms with E-state index in [1.54, 1.807) is 5.57 Å². The molecule has 2 saturated heterocycles. The van der Waals surface area contributed by atoms with Crippen LogP contribution in [0.15, 0.2) is 35.9 Å². The quantitative estimate of drug-likeness (QED) is 0.670. The molecule has 0 radical (unpaired) electrons. The average Bonchev–Trinajstić information content (AvgIpc) is 2.80. The normalized spacial score (nSPS) is 28.6. The van der Waals surface area contributed by atoms with Gasteiger partial charge in [-0.25, -0.2) is 0 Å². The zero-order valence-corrected chi connectivity index (χ0v) is 19.0. The van der Waals surface area contributed by atoms with Crippen LogP contribution in [-0.2, 0) is 4.74 Å². The van der Waals surface area contributed by atoms with Gasteiger partial charge in [-0.3, -0.25) is 9.69 Å². The molecular weight excluding hydrogens is 388 g/mol. The lowest BCUT2D eigenvalue weighted by molar-refractivity contribution is -0.0123. The van der Waals surface area contributed by atoms with Gasteiger partial charge < -0.3 is 14.4 Å². The number of amides is 1. The van der Waals surface area contributed by atoms with Crippen LogP contribution in [0.5, 0.6) is 5.75 Å². The van der Waals surface area contributed by atoms with Crippen LogP contribution in [-0.4, -0.2) is 67.7 Å². The SMILES string of the molecule is CC1(C)[C@H]2CC=C(CN3CCC(Oc4cccc(C(=O)N5CCOCC5)c4)CC3)[C@@H]1C2. The van der Waals surface area contributed by atoms with Crippen LogP contribution in [0.25, 0.3) is 0 Å². The van der Waals surface area contributed by atoms with Crippen LogP contribution in [0.2, 0.25) is 0 Å². The van der Waals surface area contributed by atoms with E-state index in [-0.39, 0.29) is 12.0 Å². The Kier molecular flexibility index (Phi) is 5.82. The summed E-state index contributed by atoms with van der Waals surface area (Å²) in [5.74, 6) is 2.60. The summed E-state index contributed by atoms with van der Waals surface area (Å²) in [6, 6.07) is 7.70. The van der Waals surface area contributed by atoms with Crippen molar-refractivity contribution in [3.05, 3.63) is 41.5 Å². The molecule has 5 nitrogen and oxygen atoms in total. The Hall–Kier alpha value is -1.85. The summed E-state index contributed by atoms with van der Waals surface area (Å²) in [6.45, 7) is 10.8. The topological polar surface area (TPSA) is 42.0 Å². The number of piperidine rings is 1. The van der Waals surface area contributed by atoms with Crippen molar-refractivity contribution in [1.82, 2.24) is 9.80 Å². The van der Waals surface area contributed by atoms with Gasteiger partial charge in [0, 0.05) is 38.3 Å². The molecular formula is C26H36N2O3. The van der Waals surface area contributed by atoms with Crippen LogP contribution in [0.4, 0.5) is 0 Å². The molecule has 0 N–H and O–H groups in total. The molecule has 3 fully saturated rings. The first-order valence-corrected chi connectivity index (χ1v) is 12.1. The lowest BCUT2D eigenvalue weighted by Crippen LogP contribution is -2.50. The van der Waals surface area contributed by atoms with Crippen LogP contribution >= 0.6 is 0 Å². The molecule has 1 saturated carbocycles. The van der Waals surface area contributed by atoms with Gasteiger partial charge in [0.15, 0.2) is 0 Å². The highest BCUT2D eigenvalue weighted by Gasteiger charge is 2.51. The van der Waals surface area contributed by atoms with Crippen molar-refractivity contribution in [3.8, 4) is 5.75 Å². The average molecular weight is 425 g/mol. The molecule has 1 amide bonds. The highest BCUT2D eigenvalue weighted by Crippen LogP contribution is 2.59. The molecule has 31 heavy (non-hydrogen) atoms. The molecule has 5 aliphatic rings. The minimum absolute atomic E-state index is 0.0745. The summed E-state index contributed by atoms with van der Waals surface area (Å²) in [7, 11) is 0. The second-order valence-electron chi connectivity index (χ2n) is 10.3. The number of hydrogen-bond acceptors (Lipinski definition) is 4. The number of hydrogen-bond donors (Lipinski definition) is 0. The highest BCUT2D eigenvalue weighted by atomic mass is 16.5. The maximum atomic E-state index is 12.8. The van der Waals surface area contributed by atoms with Gasteiger partial charge in [-0.1, -0.05) is 31.6 Å². The smallest absolute Gasteiger partial charge is 0.254 e. The molecule has 2 bridgehead atoms. The number of rotatable bonds is 5. The maximum Gasteiger partial charge on any atom is 0.254 e. The van der Waals surface area contributed by atoms with Gasteiger partial charge in [0.05, 0.1) is 13.2 Å². The minimum Gasteiger partial charge on any atom is -0.490 e. The number of carbonyl (C=O) groups excluding carboxylic acids is 1. The Morgan fingerprint density at radius 2 is 1.94 bits per heavy atom. The predicted molar refractivity (Wildman–Crippen MR) is 121 cm³/mol. The number of likely N-dealkylation sites (tertiary alicyclic amines) is 1. The molecule has 2 aliphatic heterocycles. The van der Waals surface area contributed by atoms with Crippen molar-refractivity contribution in [3.63, 3.8) is 0 Å². The van der Waals surface area contributed by atoms with Crippen molar-refractivity contribution in [2.24, 2.45) is 17.3 Å². The van der Waals surface area contributed by atoms with Crippen molar-refractivity contribution < 1.29 is 14.3 Å². The van der Waals surface area contributed by atoms with Crippen LogP contribution in [0.1, 0.15) is 49.9 Å². The van der Waals surface area contributed by atoms with E-state index in [1.807, 2.05) is 29.2 Å². The fourth-order valence-electron chi connectivity index (χ4n) is 5.94. The van der Waals surface area contributed by atoms with Crippen molar-refractivity contribution in [2.75, 3.05) is 45.9 Å². The molecule has 0 spiro atoms. The number of ether oxygens (including phenoxy) is 2. The predicted octanol–water partition coefficient (Wildman–Crippen LogP) is 3.99. The van der Waals surface area contributed by atoms with E-state index in [4.69, 9.17) is 9.47 Å². The summed E-state index contributed by atoms with van der Waals surface area (Å²) in [5.41, 5.74) is 2.90. The van der Waals surface area contributed by atoms with Crippen LogP contribution in [0, 0.1) is 17.3 Å². The van der Waals surface area contributed by atoms with Crippen molar-refractivity contribution in [1.29, 1.82) is 0 Å². The Morgan fingerprint density at radius 3 is 2.65 bits per heavy atom. The van der Waals surface area contributed by atoms with Gasteiger partial charge >= 0.3 is 0 Å². The fourth-order valence-corrected chi connectivity index (χ4v) is 5.94. The number of allylic oxidation sites excluding steroid dienone is 1. The third-order valence-corrected chi connectivity index (χ3v) is 8.21. The van der Waals surface area contributed by atoms with Gasteiger partial charge in [0.1, 0.15) is 11.9 Å². The molecule has 2 heterocycles. The van der Waals surface area contributed by atoms with Gasteiger partial charge in [-0.2, -0.15) is 0 Å². The molecule has 1 aromatic carbocycles. The first-order chi connectivity index (χ1) is 15.0. The van der Waals surface area contributed by atoms with E-state index in [0.717, 1.165) is 50.1 Å². The summed E-state index contributed by atoms with van der Waals surface area (Å²) in [5, 5.41) is 0. The van der Waals surface area contributed by atoms with Crippen LogP contribution < -0.4 is 4.74 Å². The zero-order valence-electron chi connectivity index (χ0n) is 19.0. The first kappa shape index (κ1) is 21.0. The van der Waals surface area contributed by atoms with Crippen LogP contribution in [0.3, 0.4) is 0 Å². The molecule has 0 aromatic heterocycles. The fraction of sp³-hybridized carbons (Fsp3) is 0.654. The number of benzene rings is 1. The molecule has 6 rings (SSSR count). The minimum atomic E-state index is 0.0745. The number of morpholine rings is 1. The molecule has 0 unspecified atom stereocenters. The maximum absolute atomic E-state index is 12.8. The van der Waals surface area contributed by atoms with Gasteiger partial charge in [0.2, 0.25) is 0 Å². The summed E-state index contributed by atoms with van der Waals surface area (Å²) < 4.78 is 11.7. The second-order valence-corrected chi connectivity index (χ2v) is 10.3. The summed E-state index contributed by atoms with van der Waals surface area (Å²) in [6.07, 6.45) is 7.53. The Labute approximate surface area is 186 Å². The van der Waals surface area contributed by atoms with Gasteiger partial charge in [0.25, 0.3) is 5.91 Å². The largest absolute Gasteiger partial charge is 0.490 e. The lowest BCUT2D eigenvalue weighted by atomic mass is 9.49. The Morgan fingerprint density at radius 1 is 1.16 bits per heavy atom. The van der Waals surface area contributed by atoms with E-state index in [9.17, 15) is 4.79 Å². The van der Waals surface area contributed by atoms with E-state index in [0.29, 0.717) is 37.3 Å². The molecule has 168 valence electrons. The Bertz CT molecular complexity index is 835. The standard InChI is InChI=1S/C26H36N2O3/c1-26(2)21-7-6-20(24(26)17-21)18-27-10-8-22(9-11-27)31-23-5-3-4-19(16-23)25(29)28-12-14-30-15-13-28/h3-6,16,21-22,24H,7-15,17-18H2,1-2H3/t21-,24-/m0/s1. The Balaban J connectivity index is 1.13. The third kappa shape index (κ3) is 4.27. The zero-order chi connectivity index (χ0) is 21.4. The van der Waals surface area contributed by atoms with E-state index >= 15 is 0 Å². The number of carbonyl (C=O) groups is 1. The first-order valence-electron chi connectivity index (χ1n) is 12.1. The second kappa shape index (κ2) is 8.59. The molecule has 1 aromatic rings. The monoisotopic (exact) mass is 424 g/mol. The molecule has 2 atom stereocenters. The number of nitrogens with zero attached hydrogens (tertiary/aromatic N) is 2. The third-order valence-electron chi connectivity index (χ3n) is 8.21. The lowest BCUT2D eigenvalue weighted by Gasteiger charge is -2.57. The highest BCUT2D eigenvalue weighted by molar-refractivity contribution is 5.94. The molecule has 5 heteroatoms. The van der Waals surface area contributed by atoms with Gasteiger partial charge in [-0.05, 0) is 61.1 Å². The van der Waals surface area contributed by atoms with Gasteiger partial charge in [-0.15, -0.1) is 0 Å². The van der Waals surface area contributed by atoms with Crippen molar-refractivity contribution in [2.45, 2.75) is 45.6 Å².